The van der Waals surface area contributed by atoms with E-state index < -0.39 is 48.0 Å². The maximum Gasteiger partial charge on any atom is 0.420 e. The van der Waals surface area contributed by atoms with Gasteiger partial charge in [-0.1, -0.05) is 18.2 Å². The Bertz CT molecular complexity index is 1700. The normalized spacial score (nSPS) is 16.0. The van der Waals surface area contributed by atoms with E-state index in [1.165, 1.54) is 22.8 Å². The van der Waals surface area contributed by atoms with Crippen LogP contribution >= 0.6 is 0 Å². The molecule has 2 aliphatic rings. The molecule has 0 radical (unpaired) electrons. The number of carbonyl (C=O) groups is 6. The van der Waals surface area contributed by atoms with Crippen LogP contribution in [0.1, 0.15) is 65.2 Å². The molecule has 16 heteroatoms. The summed E-state index contributed by atoms with van der Waals surface area (Å²) in [5.74, 6) is -1.33. The molecule has 292 valence electrons. The summed E-state index contributed by atoms with van der Waals surface area (Å²) in [7, 11) is 1.68. The van der Waals surface area contributed by atoms with Gasteiger partial charge in [-0.2, -0.15) is 5.26 Å². The Morgan fingerprint density at radius 2 is 1.70 bits per heavy atom. The molecular weight excluding hydrogens is 700 g/mol. The number of allylic oxidation sites excluding steroid dienone is 3. The Hall–Kier alpha value is -5.53. The van der Waals surface area contributed by atoms with Crippen LogP contribution in [-0.4, -0.2) is 126 Å². The minimum atomic E-state index is -1.66. The molecule has 2 atom stereocenters. The van der Waals surface area contributed by atoms with Crippen molar-refractivity contribution in [2.24, 2.45) is 0 Å². The summed E-state index contributed by atoms with van der Waals surface area (Å²) in [6, 6.07) is 8.45. The highest BCUT2D eigenvalue weighted by atomic mass is 16.6. The second-order valence-electron chi connectivity index (χ2n) is 14.7. The average molecular weight is 751 g/mol. The number of ether oxygens (including phenoxy) is 3. The van der Waals surface area contributed by atoms with Crippen molar-refractivity contribution in [2.45, 2.75) is 78.3 Å². The second-order valence-corrected chi connectivity index (χ2v) is 14.7. The number of nitrogens with zero attached hydrogens (tertiary/aromatic N) is 5. The van der Waals surface area contributed by atoms with E-state index in [9.17, 15) is 39.1 Å². The summed E-state index contributed by atoms with van der Waals surface area (Å²) in [6.07, 6.45) is 0.676. The molecule has 1 aliphatic carbocycles. The molecule has 1 aromatic rings. The molecule has 1 fully saturated rings. The van der Waals surface area contributed by atoms with Crippen molar-refractivity contribution in [3.05, 3.63) is 64.9 Å². The first-order chi connectivity index (χ1) is 25.2. The first-order valence-corrected chi connectivity index (χ1v) is 17.4. The van der Waals surface area contributed by atoms with E-state index in [2.05, 4.69) is 5.32 Å². The zero-order chi connectivity index (χ0) is 40.4. The molecule has 2 N–H and O–H groups in total. The van der Waals surface area contributed by atoms with E-state index in [0.717, 1.165) is 4.90 Å². The van der Waals surface area contributed by atoms with Crippen molar-refractivity contribution in [1.82, 2.24) is 20.0 Å². The van der Waals surface area contributed by atoms with Gasteiger partial charge in [0, 0.05) is 43.6 Å². The smallest absolute Gasteiger partial charge is 0.420 e. The zero-order valence-electron chi connectivity index (χ0n) is 32.1. The van der Waals surface area contributed by atoms with E-state index >= 15 is 0 Å². The SMILES string of the molecule is C[C@H](OCCN(C=O)c1cccc(C(=O)N2CCN(C)C(=O)C2)c1)[C@@H](O)C(=O)NC1=CCC=C(C#N)C(CN(C(=O)OC(C)(C)C)C(=O)OC(C)(C)C)=C1. The minimum absolute atomic E-state index is 0.0263. The van der Waals surface area contributed by atoms with Crippen molar-refractivity contribution >= 4 is 42.0 Å². The maximum atomic E-state index is 13.1. The second kappa shape index (κ2) is 18.5. The number of amides is 6. The summed E-state index contributed by atoms with van der Waals surface area (Å²) >= 11 is 0. The van der Waals surface area contributed by atoms with E-state index in [1.54, 1.807) is 89.9 Å². The average Bonchev–Trinajstić information content (AvgIpc) is 3.28. The molecule has 0 unspecified atom stereocenters. The number of aliphatic hydroxyl groups is 1. The van der Waals surface area contributed by atoms with E-state index in [-0.39, 0.29) is 54.8 Å². The van der Waals surface area contributed by atoms with Gasteiger partial charge in [0.25, 0.3) is 11.8 Å². The van der Waals surface area contributed by atoms with E-state index in [1.807, 2.05) is 6.07 Å². The Balaban J connectivity index is 1.66. The molecule has 3 rings (SSSR count). The van der Waals surface area contributed by atoms with Crippen molar-refractivity contribution in [1.29, 1.82) is 5.26 Å². The molecule has 1 aromatic carbocycles. The van der Waals surface area contributed by atoms with Gasteiger partial charge in [0.1, 0.15) is 17.7 Å². The summed E-state index contributed by atoms with van der Waals surface area (Å²) in [5, 5.41) is 23.3. The summed E-state index contributed by atoms with van der Waals surface area (Å²) in [6.45, 7) is 11.6. The van der Waals surface area contributed by atoms with Gasteiger partial charge < -0.3 is 39.3 Å². The van der Waals surface area contributed by atoms with Gasteiger partial charge in [-0.25, -0.2) is 14.5 Å². The highest BCUT2D eigenvalue weighted by Gasteiger charge is 2.33. The monoisotopic (exact) mass is 750 g/mol. The van der Waals surface area contributed by atoms with Crippen LogP contribution < -0.4 is 10.2 Å². The minimum Gasteiger partial charge on any atom is -0.443 e. The van der Waals surface area contributed by atoms with E-state index in [0.29, 0.717) is 30.8 Å². The maximum absolute atomic E-state index is 13.1. The fourth-order valence-corrected chi connectivity index (χ4v) is 5.13. The number of rotatable bonds is 12. The third kappa shape index (κ3) is 12.6. The molecule has 0 bridgehead atoms. The number of aliphatic hydroxyl groups excluding tert-OH is 1. The Morgan fingerprint density at radius 1 is 1.06 bits per heavy atom. The van der Waals surface area contributed by atoms with Crippen molar-refractivity contribution in [3.8, 4) is 6.07 Å². The number of anilines is 1. The zero-order valence-corrected chi connectivity index (χ0v) is 32.1. The first kappa shape index (κ1) is 42.9. The molecule has 1 heterocycles. The number of imide groups is 1. The number of hydrogen-bond donors (Lipinski definition) is 2. The number of carbonyl (C=O) groups excluding carboxylic acids is 6. The Kier molecular flexibility index (Phi) is 14.7. The van der Waals surface area contributed by atoms with Crippen LogP contribution in [0.2, 0.25) is 0 Å². The fourth-order valence-electron chi connectivity index (χ4n) is 5.13. The first-order valence-electron chi connectivity index (χ1n) is 17.4. The molecule has 0 spiro atoms. The molecule has 0 aromatic heterocycles. The highest BCUT2D eigenvalue weighted by Crippen LogP contribution is 2.23. The summed E-state index contributed by atoms with van der Waals surface area (Å²) < 4.78 is 16.6. The van der Waals surface area contributed by atoms with Gasteiger partial charge >= 0.3 is 12.2 Å². The van der Waals surface area contributed by atoms with Gasteiger partial charge in [0.15, 0.2) is 6.10 Å². The summed E-state index contributed by atoms with van der Waals surface area (Å²) in [5.41, 5.74) is -0.621. The Labute approximate surface area is 315 Å². The van der Waals surface area contributed by atoms with Gasteiger partial charge in [-0.3, -0.25) is 19.2 Å². The number of hydrogen-bond acceptors (Lipinski definition) is 11. The van der Waals surface area contributed by atoms with Crippen molar-refractivity contribution < 1.29 is 48.1 Å². The molecule has 6 amide bonds. The highest BCUT2D eigenvalue weighted by molar-refractivity contribution is 5.98. The third-order valence-electron chi connectivity index (χ3n) is 8.00. The number of nitriles is 1. The number of nitrogens with one attached hydrogen (secondary N) is 1. The lowest BCUT2D eigenvalue weighted by Crippen LogP contribution is -2.50. The summed E-state index contributed by atoms with van der Waals surface area (Å²) in [4.78, 5) is 81.5. The van der Waals surface area contributed by atoms with Crippen LogP contribution in [-0.2, 0) is 28.6 Å². The van der Waals surface area contributed by atoms with Gasteiger partial charge in [-0.05, 0) is 84.7 Å². The number of benzene rings is 1. The standard InChI is InChI=1S/C38H50N6O10/c1-25(52-18-17-43(24-45)30-14-10-11-26(20-30)34(49)42-16-15-41(8)31(46)23-42)32(47)33(48)40-29-13-9-12-27(21-39)28(19-29)22-44(35(50)53-37(2,3)4)36(51)54-38(5,6)7/h10-14,19-20,24-25,32,47H,9,15-18,22-23H2,1-8H3,(H,40,48)/t25-,32+/m0/s1. The molecule has 54 heavy (non-hydrogen) atoms. The molecular formula is C38H50N6O10. The van der Waals surface area contributed by atoms with Gasteiger partial charge in [0.2, 0.25) is 12.3 Å². The molecule has 1 aliphatic heterocycles. The topological polar surface area (TPSA) is 199 Å². The predicted octanol–water partition coefficient (Wildman–Crippen LogP) is 3.28. The lowest BCUT2D eigenvalue weighted by Gasteiger charge is -2.32. The lowest BCUT2D eigenvalue weighted by molar-refractivity contribution is -0.136. The van der Waals surface area contributed by atoms with Gasteiger partial charge in [0.05, 0.1) is 30.9 Å². The third-order valence-corrected chi connectivity index (χ3v) is 8.00. The van der Waals surface area contributed by atoms with Crippen molar-refractivity contribution in [3.63, 3.8) is 0 Å². The predicted molar refractivity (Wildman–Crippen MR) is 197 cm³/mol. The quantitative estimate of drug-likeness (QED) is 0.297. The van der Waals surface area contributed by atoms with Crippen molar-refractivity contribution in [2.75, 3.05) is 51.3 Å². The van der Waals surface area contributed by atoms with Crippen LogP contribution in [0.3, 0.4) is 0 Å². The van der Waals surface area contributed by atoms with Crippen LogP contribution in [0.5, 0.6) is 0 Å². The number of piperazine rings is 1. The largest absolute Gasteiger partial charge is 0.443 e. The molecule has 16 nitrogen and oxygen atoms in total. The van der Waals surface area contributed by atoms with Crippen LogP contribution in [0.4, 0.5) is 15.3 Å². The van der Waals surface area contributed by atoms with Crippen LogP contribution in [0, 0.1) is 11.3 Å². The lowest BCUT2D eigenvalue weighted by atomic mass is 10.1. The fraction of sp³-hybridized carbons (Fsp3) is 0.500. The Morgan fingerprint density at radius 3 is 2.28 bits per heavy atom. The van der Waals surface area contributed by atoms with Crippen LogP contribution in [0.15, 0.2) is 59.3 Å². The molecule has 1 saturated heterocycles. The van der Waals surface area contributed by atoms with Gasteiger partial charge in [-0.15, -0.1) is 0 Å². The van der Waals surface area contributed by atoms with Crippen LogP contribution in [0.25, 0.3) is 0 Å². The number of likely N-dealkylation sites (N-methyl/N-ethyl adjacent to an activating group) is 1. The molecule has 0 saturated carbocycles. The van der Waals surface area contributed by atoms with E-state index in [4.69, 9.17) is 14.2 Å².